The lowest BCUT2D eigenvalue weighted by Crippen LogP contribution is -2.30. The number of aldehydes is 1. The van der Waals surface area contributed by atoms with E-state index in [0.717, 1.165) is 141 Å². The number of nitrogens with two attached hydrogens (primary N) is 1. The Bertz CT molecular complexity index is 7740. The lowest BCUT2D eigenvalue weighted by atomic mass is 9.73. The van der Waals surface area contributed by atoms with Crippen molar-refractivity contribution in [2.45, 2.75) is 38.5 Å². The minimum atomic E-state index is -0.0770. The molecule has 15 nitrogen and oxygen atoms in total. The molecule has 2 aliphatic heterocycles. The lowest BCUT2D eigenvalue weighted by Gasteiger charge is -2.42. The van der Waals surface area contributed by atoms with Gasteiger partial charge < -0.3 is 52.7 Å². The van der Waals surface area contributed by atoms with Gasteiger partial charge in [-0.2, -0.15) is 0 Å². The Morgan fingerprint density at radius 3 is 1.16 bits per heavy atom. The molecule has 5 N–H and O–H groups in total. The largest absolute Gasteiger partial charge is 0.506 e. The quantitative estimate of drug-likeness (QED) is 0.0527. The molecule has 16 aromatic carbocycles. The molecule has 0 aliphatic carbocycles. The summed E-state index contributed by atoms with van der Waals surface area (Å²) in [4.78, 5) is 26.2. The highest BCUT2D eigenvalue weighted by Gasteiger charge is 2.37. The van der Waals surface area contributed by atoms with Gasteiger partial charge in [0, 0.05) is 132 Å². The number of fused-ring (bicyclic) bond motifs is 18. The Kier molecular flexibility index (Phi) is 21.2. The number of nitrogens with one attached hydrogen (secondary N) is 1. The Morgan fingerprint density at radius 2 is 0.710 bits per heavy atom. The van der Waals surface area contributed by atoms with Gasteiger partial charge in [0.1, 0.15) is 79.2 Å². The SMILES string of the molecule is Brc1ccc(-c2nc3cc4oc5ccccc5c4cc3o2)cc1.CC1(C)c2ccccc2N(c2ccc(-c3nc4cc5oc6ccccc6c5cc4o3)cc2)c2ccccc21.CC1(C)c2ccccc2Nc2ccccc21.Nc1cc2oc3ccccc3c2cc1O.O=Cc1ccc(Br)cc1.Oc1cc2c(cc1N=Cc1ccc(Br)cc1)oc1ccccc12. The first-order valence-corrected chi connectivity index (χ1v) is 42.5. The molecule has 0 saturated carbocycles. The van der Waals surface area contributed by atoms with E-state index in [2.05, 4.69) is 229 Å². The Hall–Kier alpha value is -14.6. The van der Waals surface area contributed by atoms with Gasteiger partial charge in [-0.3, -0.25) is 9.79 Å². The molecule has 0 amide bonds. The van der Waals surface area contributed by atoms with Gasteiger partial charge in [-0.1, -0.05) is 245 Å². The number of aliphatic imine (C=N–C) groups is 1. The highest BCUT2D eigenvalue weighted by Crippen LogP contribution is 2.53. The number of carbonyl (C=O) groups is 1. The van der Waals surface area contributed by atoms with Gasteiger partial charge >= 0.3 is 0 Å². The fraction of sp³-hybridized carbons (Fsp3) is 0.0566. The molecule has 6 aromatic heterocycles. The van der Waals surface area contributed by atoms with Crippen LogP contribution in [0.25, 0.3) is 133 Å². The fourth-order valence-corrected chi connectivity index (χ4v) is 17.1. The molecule has 2 aliphatic rings. The van der Waals surface area contributed by atoms with Crippen LogP contribution in [0, 0.1) is 0 Å². The Balaban J connectivity index is 0.000000103. The highest BCUT2D eigenvalue weighted by molar-refractivity contribution is 9.11. The van der Waals surface area contributed by atoms with Gasteiger partial charge in [0.25, 0.3) is 0 Å². The fourth-order valence-electron chi connectivity index (χ4n) is 16.3. The van der Waals surface area contributed by atoms with Gasteiger partial charge in [-0.15, -0.1) is 0 Å². The van der Waals surface area contributed by atoms with E-state index in [1.54, 1.807) is 42.6 Å². The average molecular weight is 1820 g/mol. The number of hydrogen-bond donors (Lipinski definition) is 4. The summed E-state index contributed by atoms with van der Waals surface area (Å²) in [5.41, 5.74) is 30.8. The normalized spacial score (nSPS) is 12.8. The summed E-state index contributed by atoms with van der Waals surface area (Å²) in [5.74, 6) is 1.44. The number of furan rings is 4. The number of phenols is 2. The van der Waals surface area contributed by atoms with E-state index in [4.69, 9.17) is 37.2 Å². The molecule has 8 heterocycles. The number of carbonyl (C=O) groups excluding carboxylic acids is 1. The molecular weight excluding hydrogens is 1740 g/mol. The lowest BCUT2D eigenvalue weighted by molar-refractivity contribution is 0.112. The van der Waals surface area contributed by atoms with E-state index in [9.17, 15) is 15.0 Å². The molecule has 24 rings (SSSR count). The number of hydrogen-bond acceptors (Lipinski definition) is 15. The molecule has 0 atom stereocenters. The average Bonchev–Trinajstić information content (AvgIpc) is 1.23. The van der Waals surface area contributed by atoms with Crippen molar-refractivity contribution in [3.05, 3.63) is 387 Å². The second-order valence-electron chi connectivity index (χ2n) is 31.2. The topological polar surface area (TPSA) is 216 Å². The zero-order valence-electron chi connectivity index (χ0n) is 67.2. The molecular formula is C106H75Br3N6O9. The van der Waals surface area contributed by atoms with Gasteiger partial charge in [0.2, 0.25) is 11.8 Å². The second-order valence-corrected chi connectivity index (χ2v) is 33.9. The summed E-state index contributed by atoms with van der Waals surface area (Å²) in [6.07, 6.45) is 2.54. The standard InChI is InChI=1S/C34H24N2O2.C19H10BrNO2.C19H12BrNO2.C15H15N.C12H9NO2.C7H5BrO/c1-34(2)25-10-4-6-12-28(25)36(29-13-7-5-11-26(29)34)22-17-15-21(16-18-22)33-35-27-20-31-24(19-32(27)38-33)23-9-3-8-14-30(23)37-31;20-12-7-5-11(6-8-12)19-21-15-10-17-14(9-18(15)23-19)13-3-1-2-4-16(13)22-17;20-13-7-5-12(6-8-13)11-21-16-10-19-15(9-17(16)22)14-3-1-2-4-18(14)23-19;1-15(2)11-7-3-5-9-13(11)16-14-10-6-4-8-12(14)15;13-9-6-12-8(5-10(9)14)7-3-1-2-4-11(7)15-12;8-7-3-1-6(5-9)2-4-7/h3-20H,1-2H3;1-10H;1-11,22H;3-10,16H,1-2H3;1-6,14H,13H2;1-5H. The van der Waals surface area contributed by atoms with Crippen molar-refractivity contribution < 1.29 is 41.5 Å². The summed E-state index contributed by atoms with van der Waals surface area (Å²) in [6, 6.07) is 112. The first-order valence-electron chi connectivity index (χ1n) is 40.1. The summed E-state index contributed by atoms with van der Waals surface area (Å²) in [5, 5.41) is 31.3. The number of para-hydroxylation sites is 8. The van der Waals surface area contributed by atoms with Crippen LogP contribution in [0.4, 0.5) is 39.8 Å². The van der Waals surface area contributed by atoms with Crippen molar-refractivity contribution in [3.8, 4) is 34.4 Å². The van der Waals surface area contributed by atoms with Crippen molar-refractivity contribution in [1.29, 1.82) is 0 Å². The number of phenolic OH excluding ortho intramolecular Hbond substituents is 2. The number of oxazole rings is 2. The first kappa shape index (κ1) is 79.2. The second kappa shape index (κ2) is 33.1. The van der Waals surface area contributed by atoms with Crippen molar-refractivity contribution in [1.82, 2.24) is 9.97 Å². The minimum absolute atomic E-state index is 0.0770. The minimum Gasteiger partial charge on any atom is -0.506 e. The van der Waals surface area contributed by atoms with Crippen LogP contribution in [-0.4, -0.2) is 32.7 Å². The molecule has 18 heteroatoms. The third-order valence-corrected chi connectivity index (χ3v) is 24.2. The van der Waals surface area contributed by atoms with Crippen molar-refractivity contribution in [2.24, 2.45) is 4.99 Å². The van der Waals surface area contributed by atoms with E-state index in [1.165, 1.54) is 45.0 Å². The zero-order chi connectivity index (χ0) is 84.9. The van der Waals surface area contributed by atoms with Crippen LogP contribution in [-0.2, 0) is 10.8 Å². The number of benzene rings is 16. The molecule has 0 radical (unpaired) electrons. The molecule has 0 bridgehead atoms. The van der Waals surface area contributed by atoms with Crippen LogP contribution in [0.2, 0.25) is 0 Å². The van der Waals surface area contributed by atoms with Crippen LogP contribution in [0.15, 0.2) is 385 Å². The number of anilines is 6. The summed E-state index contributed by atoms with van der Waals surface area (Å²) in [7, 11) is 0. The van der Waals surface area contributed by atoms with E-state index in [-0.39, 0.29) is 22.3 Å². The third kappa shape index (κ3) is 15.5. The maximum Gasteiger partial charge on any atom is 0.227 e. The van der Waals surface area contributed by atoms with Crippen LogP contribution < -0.4 is 16.0 Å². The van der Waals surface area contributed by atoms with Crippen molar-refractivity contribution in [3.63, 3.8) is 0 Å². The monoisotopic (exact) mass is 1810 g/mol. The molecule has 0 spiro atoms. The number of nitrogens with zero attached hydrogens (tertiary/aromatic N) is 4. The summed E-state index contributed by atoms with van der Waals surface area (Å²) < 4.78 is 38.6. The number of halogens is 3. The van der Waals surface area contributed by atoms with Crippen molar-refractivity contribution >= 4 is 210 Å². The highest BCUT2D eigenvalue weighted by atomic mass is 79.9. The molecule has 22 aromatic rings. The Morgan fingerprint density at radius 1 is 0.355 bits per heavy atom. The first-order chi connectivity index (χ1) is 60.3. The molecule has 0 unspecified atom stereocenters. The van der Waals surface area contributed by atoms with E-state index in [0.29, 0.717) is 39.9 Å². The zero-order valence-corrected chi connectivity index (χ0v) is 72.0. The van der Waals surface area contributed by atoms with Crippen LogP contribution in [0.1, 0.15) is 65.9 Å². The summed E-state index contributed by atoms with van der Waals surface area (Å²) in [6.45, 7) is 9.17. The number of nitrogen functional groups attached to an aromatic ring is 1. The van der Waals surface area contributed by atoms with Gasteiger partial charge in [-0.05, 0) is 173 Å². The van der Waals surface area contributed by atoms with Crippen LogP contribution in [0.5, 0.6) is 11.5 Å². The molecule has 124 heavy (non-hydrogen) atoms. The predicted molar refractivity (Wildman–Crippen MR) is 512 cm³/mol. The maximum atomic E-state index is 10.2. The van der Waals surface area contributed by atoms with Crippen molar-refractivity contribution in [2.75, 3.05) is 16.0 Å². The number of aromatic nitrogens is 2. The predicted octanol–water partition coefficient (Wildman–Crippen LogP) is 30.7. The number of rotatable bonds is 6. The van der Waals surface area contributed by atoms with E-state index >= 15 is 0 Å². The van der Waals surface area contributed by atoms with Crippen LogP contribution in [0.3, 0.4) is 0 Å². The summed E-state index contributed by atoms with van der Waals surface area (Å²) >= 11 is 10.1. The third-order valence-electron chi connectivity index (χ3n) is 22.6. The van der Waals surface area contributed by atoms with E-state index < -0.39 is 0 Å². The Labute approximate surface area is 736 Å². The molecule has 0 saturated heterocycles. The van der Waals surface area contributed by atoms with Gasteiger partial charge in [0.05, 0.1) is 17.1 Å². The van der Waals surface area contributed by atoms with Gasteiger partial charge in [0.15, 0.2) is 11.2 Å². The molecule has 604 valence electrons. The molecule has 0 fully saturated rings. The maximum absolute atomic E-state index is 10.2. The number of aromatic hydroxyl groups is 2. The smallest absolute Gasteiger partial charge is 0.227 e. The van der Waals surface area contributed by atoms with Crippen LogP contribution >= 0.6 is 47.8 Å². The van der Waals surface area contributed by atoms with E-state index in [1.807, 2.05) is 170 Å². The van der Waals surface area contributed by atoms with Gasteiger partial charge in [-0.25, -0.2) is 9.97 Å².